The van der Waals surface area contributed by atoms with Gasteiger partial charge in [0.15, 0.2) is 5.78 Å². The standard InChI is InChI=1S/C22H18F4N2O3S/c1-20(2)10-14-17(15(29)11-20)21(22(24,25)26,27-18(30)16-4-3-9-32-16)19(31)28(14)13-7-5-12(23)6-8-13/h3-9H,10-11H2,1-2H3,(H,27,30)/t21-/m0/s1. The maximum Gasteiger partial charge on any atom is 0.425 e. The van der Waals surface area contributed by atoms with E-state index >= 15 is 0 Å². The third kappa shape index (κ3) is 3.33. The van der Waals surface area contributed by atoms with Gasteiger partial charge < -0.3 is 5.32 Å². The van der Waals surface area contributed by atoms with E-state index in [1.54, 1.807) is 13.8 Å². The van der Waals surface area contributed by atoms with Crippen molar-refractivity contribution < 1.29 is 31.9 Å². The van der Waals surface area contributed by atoms with Crippen molar-refractivity contribution >= 4 is 34.6 Å². The second-order valence-corrected chi connectivity index (χ2v) is 9.51. The molecule has 0 saturated heterocycles. The molecular formula is C22H18F4N2O3S. The summed E-state index contributed by atoms with van der Waals surface area (Å²) >= 11 is 0.907. The Labute approximate surface area is 184 Å². The van der Waals surface area contributed by atoms with Crippen LogP contribution >= 0.6 is 11.3 Å². The minimum absolute atomic E-state index is 0.0100. The van der Waals surface area contributed by atoms with Gasteiger partial charge in [0.1, 0.15) is 5.82 Å². The number of alkyl halides is 3. The normalized spacial score (nSPS) is 22.9. The topological polar surface area (TPSA) is 66.5 Å². The van der Waals surface area contributed by atoms with Crippen LogP contribution in [0.1, 0.15) is 36.4 Å². The van der Waals surface area contributed by atoms with E-state index in [2.05, 4.69) is 0 Å². The van der Waals surface area contributed by atoms with E-state index in [0.717, 1.165) is 40.5 Å². The highest BCUT2D eigenvalue weighted by molar-refractivity contribution is 7.12. The number of benzene rings is 1. The maximum absolute atomic E-state index is 14.7. The summed E-state index contributed by atoms with van der Waals surface area (Å²) < 4.78 is 57.4. The number of ketones is 1. The van der Waals surface area contributed by atoms with Gasteiger partial charge in [-0.1, -0.05) is 19.9 Å². The molecular weight excluding hydrogens is 448 g/mol. The van der Waals surface area contributed by atoms with Gasteiger partial charge in [0.2, 0.25) is 5.54 Å². The third-order valence-corrected chi connectivity index (χ3v) is 6.45. The van der Waals surface area contributed by atoms with E-state index in [-0.39, 0.29) is 29.1 Å². The SMILES string of the molecule is CC1(C)CC(=O)C2=C(C1)N(c1ccc(F)cc1)C(=O)[C@]2(NC(=O)c1cccs1)C(F)(F)F. The molecule has 10 heteroatoms. The Bertz CT molecular complexity index is 1140. The summed E-state index contributed by atoms with van der Waals surface area (Å²) in [7, 11) is 0. The number of nitrogens with one attached hydrogen (secondary N) is 1. The van der Waals surface area contributed by atoms with Gasteiger partial charge in [0.05, 0.1) is 10.5 Å². The molecule has 168 valence electrons. The lowest BCUT2D eigenvalue weighted by Crippen LogP contribution is -2.66. The first-order valence-electron chi connectivity index (χ1n) is 9.67. The number of hydrogen-bond donors (Lipinski definition) is 1. The van der Waals surface area contributed by atoms with Crippen molar-refractivity contribution in [3.05, 3.63) is 63.7 Å². The summed E-state index contributed by atoms with van der Waals surface area (Å²) in [4.78, 5) is 40.0. The number of amides is 2. The molecule has 0 bridgehead atoms. The van der Waals surface area contributed by atoms with Crippen LogP contribution < -0.4 is 10.2 Å². The Balaban J connectivity index is 1.95. The second-order valence-electron chi connectivity index (χ2n) is 8.56. The Morgan fingerprint density at radius 1 is 1.09 bits per heavy atom. The predicted molar refractivity (Wildman–Crippen MR) is 110 cm³/mol. The van der Waals surface area contributed by atoms with Gasteiger partial charge in [0.25, 0.3) is 11.8 Å². The van der Waals surface area contributed by atoms with Crippen molar-refractivity contribution in [2.45, 2.75) is 38.4 Å². The number of hydrogen-bond acceptors (Lipinski definition) is 4. The molecule has 1 aliphatic heterocycles. The number of thiophene rings is 1. The monoisotopic (exact) mass is 466 g/mol. The predicted octanol–water partition coefficient (Wildman–Crippen LogP) is 4.61. The largest absolute Gasteiger partial charge is 0.425 e. The second kappa shape index (κ2) is 7.26. The smallest absolute Gasteiger partial charge is 0.326 e. The lowest BCUT2D eigenvalue weighted by atomic mass is 9.72. The molecule has 1 N–H and O–H groups in total. The zero-order valence-corrected chi connectivity index (χ0v) is 17.9. The van der Waals surface area contributed by atoms with Gasteiger partial charge in [-0.25, -0.2) is 4.39 Å². The van der Waals surface area contributed by atoms with Gasteiger partial charge in [-0.15, -0.1) is 11.3 Å². The molecule has 2 aromatic rings. The molecule has 0 unspecified atom stereocenters. The lowest BCUT2D eigenvalue weighted by Gasteiger charge is -2.35. The number of carbonyl (C=O) groups excluding carboxylic acids is 3. The van der Waals surface area contributed by atoms with Crippen molar-refractivity contribution in [2.75, 3.05) is 4.90 Å². The van der Waals surface area contributed by atoms with Gasteiger partial charge in [-0.05, 0) is 47.5 Å². The zero-order valence-electron chi connectivity index (χ0n) is 17.0. The maximum atomic E-state index is 14.7. The van der Waals surface area contributed by atoms with Crippen LogP contribution in [0.5, 0.6) is 0 Å². The highest BCUT2D eigenvalue weighted by Gasteiger charge is 2.72. The molecule has 1 aromatic heterocycles. The Morgan fingerprint density at radius 2 is 1.75 bits per heavy atom. The van der Waals surface area contributed by atoms with Gasteiger partial charge in [0, 0.05) is 17.8 Å². The lowest BCUT2D eigenvalue weighted by molar-refractivity contribution is -0.186. The number of halogens is 4. The average molecular weight is 466 g/mol. The van der Waals surface area contributed by atoms with Crippen molar-refractivity contribution in [2.24, 2.45) is 5.41 Å². The van der Waals surface area contributed by atoms with Crippen LogP contribution in [0.25, 0.3) is 0 Å². The van der Waals surface area contributed by atoms with Crippen LogP contribution in [-0.2, 0) is 9.59 Å². The fraction of sp³-hybridized carbons (Fsp3) is 0.318. The molecule has 4 rings (SSSR count). The molecule has 2 heterocycles. The molecule has 0 radical (unpaired) electrons. The van der Waals surface area contributed by atoms with Crippen LogP contribution in [0.15, 0.2) is 53.0 Å². The third-order valence-electron chi connectivity index (χ3n) is 5.58. The number of carbonyl (C=O) groups is 3. The summed E-state index contributed by atoms with van der Waals surface area (Å²) in [6.45, 7) is 3.42. The summed E-state index contributed by atoms with van der Waals surface area (Å²) in [5, 5.41) is 3.36. The van der Waals surface area contributed by atoms with Crippen molar-refractivity contribution in [3.8, 4) is 0 Å². The first-order chi connectivity index (χ1) is 14.9. The molecule has 1 aromatic carbocycles. The number of allylic oxidation sites excluding steroid dienone is 1. The minimum atomic E-state index is -5.30. The average Bonchev–Trinajstić information content (AvgIpc) is 3.28. The first-order valence-corrected chi connectivity index (χ1v) is 10.5. The number of anilines is 1. The zero-order chi connectivity index (χ0) is 23.5. The van der Waals surface area contributed by atoms with Crippen LogP contribution in [0.3, 0.4) is 0 Å². The Kier molecular flexibility index (Phi) is 5.04. The first kappa shape index (κ1) is 22.2. The molecule has 0 saturated carbocycles. The van der Waals surface area contributed by atoms with Crippen molar-refractivity contribution in [1.29, 1.82) is 0 Å². The molecule has 2 aliphatic rings. The number of Topliss-reactive ketones (excluding diaryl/α,β-unsaturated/α-hetero) is 1. The van der Waals surface area contributed by atoms with E-state index in [4.69, 9.17) is 0 Å². The van der Waals surface area contributed by atoms with Gasteiger partial charge >= 0.3 is 6.18 Å². The van der Waals surface area contributed by atoms with E-state index < -0.39 is 46.1 Å². The molecule has 0 fully saturated rings. The summed E-state index contributed by atoms with van der Waals surface area (Å²) in [5.41, 5.74) is -5.18. The Morgan fingerprint density at radius 3 is 2.31 bits per heavy atom. The molecule has 2 amide bonds. The van der Waals surface area contributed by atoms with Crippen molar-refractivity contribution in [3.63, 3.8) is 0 Å². The van der Waals surface area contributed by atoms with Crippen LogP contribution in [0, 0.1) is 11.2 Å². The molecule has 1 aliphatic carbocycles. The van der Waals surface area contributed by atoms with E-state index in [9.17, 15) is 31.9 Å². The fourth-order valence-electron chi connectivity index (χ4n) is 4.25. The highest BCUT2D eigenvalue weighted by Crippen LogP contribution is 2.52. The number of rotatable bonds is 3. The van der Waals surface area contributed by atoms with Gasteiger partial charge in [-0.2, -0.15) is 13.2 Å². The van der Waals surface area contributed by atoms with E-state index in [1.807, 2.05) is 5.32 Å². The quantitative estimate of drug-likeness (QED) is 0.672. The van der Waals surface area contributed by atoms with Gasteiger partial charge in [-0.3, -0.25) is 19.3 Å². The van der Waals surface area contributed by atoms with Crippen LogP contribution in [0.4, 0.5) is 23.2 Å². The summed E-state index contributed by atoms with van der Waals surface area (Å²) in [6.07, 6.45) is -5.53. The van der Waals surface area contributed by atoms with Crippen LogP contribution in [0.2, 0.25) is 0 Å². The molecule has 0 spiro atoms. The van der Waals surface area contributed by atoms with Crippen LogP contribution in [-0.4, -0.2) is 29.3 Å². The minimum Gasteiger partial charge on any atom is -0.326 e. The molecule has 32 heavy (non-hydrogen) atoms. The highest BCUT2D eigenvalue weighted by atomic mass is 32.1. The number of nitrogens with zero attached hydrogens (tertiary/aromatic N) is 1. The summed E-state index contributed by atoms with van der Waals surface area (Å²) in [5.74, 6) is -4.13. The molecule has 5 nitrogen and oxygen atoms in total. The van der Waals surface area contributed by atoms with E-state index in [0.29, 0.717) is 0 Å². The summed E-state index contributed by atoms with van der Waals surface area (Å²) in [6, 6.07) is 7.16. The van der Waals surface area contributed by atoms with E-state index in [1.165, 1.54) is 17.5 Å². The fourth-order valence-corrected chi connectivity index (χ4v) is 4.87. The van der Waals surface area contributed by atoms with Crippen molar-refractivity contribution in [1.82, 2.24) is 5.32 Å². The Hall–Kier alpha value is -3.01. The molecule has 1 atom stereocenters.